The molecule has 2 rings (SSSR count). The molecule has 1 aliphatic rings. The zero-order valence-electron chi connectivity index (χ0n) is 13.7. The van der Waals surface area contributed by atoms with Crippen molar-refractivity contribution in [3.8, 4) is 11.5 Å². The number of hydrogen-bond acceptors (Lipinski definition) is 4. The number of carbonyl (C=O) groups is 1. The molecule has 1 aliphatic heterocycles. The molecule has 1 saturated heterocycles. The van der Waals surface area contributed by atoms with Crippen molar-refractivity contribution < 1.29 is 14.3 Å². The number of methoxy groups -OCH3 is 2. The number of carbonyl (C=O) groups excluding carboxylic acids is 1. The largest absolute Gasteiger partial charge is 0.493 e. The van der Waals surface area contributed by atoms with E-state index in [9.17, 15) is 4.79 Å². The highest BCUT2D eigenvalue weighted by atomic mass is 16.5. The number of hydrogen-bond donors (Lipinski definition) is 2. The highest BCUT2D eigenvalue weighted by Gasteiger charge is 2.16. The molecule has 0 aliphatic carbocycles. The Bertz CT molecular complexity index is 511. The number of ether oxygens (including phenoxy) is 2. The number of benzene rings is 1. The summed E-state index contributed by atoms with van der Waals surface area (Å²) in [5.74, 6) is 1.84. The molecule has 2 N–H and O–H groups in total. The first-order chi connectivity index (χ1) is 10.7. The van der Waals surface area contributed by atoms with Crippen LogP contribution in [0.1, 0.15) is 35.2 Å². The standard InChI is InChI=1S/C17H26N2O3/c1-12-9-15(21-2)16(22-3)10-14(12)17(20)19-8-6-13-5-4-7-18-11-13/h9-10,13,18H,4-8,11H2,1-3H3,(H,19,20). The van der Waals surface area contributed by atoms with E-state index >= 15 is 0 Å². The van der Waals surface area contributed by atoms with Gasteiger partial charge in [0.05, 0.1) is 14.2 Å². The van der Waals surface area contributed by atoms with Crippen LogP contribution in [-0.2, 0) is 0 Å². The number of aryl methyl sites for hydroxylation is 1. The Morgan fingerprint density at radius 2 is 2.05 bits per heavy atom. The molecule has 1 amide bonds. The normalized spacial score (nSPS) is 17.9. The molecule has 22 heavy (non-hydrogen) atoms. The second-order valence-electron chi connectivity index (χ2n) is 5.78. The number of piperidine rings is 1. The monoisotopic (exact) mass is 306 g/mol. The first-order valence-corrected chi connectivity index (χ1v) is 7.87. The molecule has 0 radical (unpaired) electrons. The van der Waals surface area contributed by atoms with Gasteiger partial charge in [-0.3, -0.25) is 4.79 Å². The lowest BCUT2D eigenvalue weighted by Gasteiger charge is -2.22. The Hall–Kier alpha value is -1.75. The molecular weight excluding hydrogens is 280 g/mol. The van der Waals surface area contributed by atoms with Crippen LogP contribution < -0.4 is 20.1 Å². The fraction of sp³-hybridized carbons (Fsp3) is 0.588. The van der Waals surface area contributed by atoms with Gasteiger partial charge in [0.25, 0.3) is 5.91 Å². The molecule has 5 nitrogen and oxygen atoms in total. The van der Waals surface area contributed by atoms with Crippen molar-refractivity contribution in [3.63, 3.8) is 0 Å². The minimum absolute atomic E-state index is 0.0535. The summed E-state index contributed by atoms with van der Waals surface area (Å²) in [6.07, 6.45) is 3.50. The smallest absolute Gasteiger partial charge is 0.251 e. The SMILES string of the molecule is COc1cc(C)c(C(=O)NCCC2CCCNC2)cc1OC. The third kappa shape index (κ3) is 4.13. The highest BCUT2D eigenvalue weighted by Crippen LogP contribution is 2.30. The quantitative estimate of drug-likeness (QED) is 0.845. The summed E-state index contributed by atoms with van der Waals surface area (Å²) in [5.41, 5.74) is 1.52. The van der Waals surface area contributed by atoms with E-state index in [1.807, 2.05) is 13.0 Å². The fourth-order valence-electron chi connectivity index (χ4n) is 2.88. The second kappa shape index (κ2) is 8.03. The molecule has 122 valence electrons. The van der Waals surface area contributed by atoms with Crippen LogP contribution in [0, 0.1) is 12.8 Å². The second-order valence-corrected chi connectivity index (χ2v) is 5.78. The van der Waals surface area contributed by atoms with Gasteiger partial charge in [0.15, 0.2) is 11.5 Å². The molecule has 0 aromatic heterocycles. The summed E-state index contributed by atoms with van der Waals surface area (Å²) >= 11 is 0. The molecule has 1 aromatic carbocycles. The van der Waals surface area contributed by atoms with Gasteiger partial charge in [0.1, 0.15) is 0 Å². The van der Waals surface area contributed by atoms with Crippen LogP contribution in [0.5, 0.6) is 11.5 Å². The Labute approximate surface area is 132 Å². The molecule has 1 atom stereocenters. The third-order valence-corrected chi connectivity index (χ3v) is 4.21. The van der Waals surface area contributed by atoms with Crippen LogP contribution in [0.15, 0.2) is 12.1 Å². The lowest BCUT2D eigenvalue weighted by Crippen LogP contribution is -2.33. The topological polar surface area (TPSA) is 59.6 Å². The summed E-state index contributed by atoms with van der Waals surface area (Å²) in [4.78, 5) is 12.4. The van der Waals surface area contributed by atoms with Crippen molar-refractivity contribution in [1.82, 2.24) is 10.6 Å². The predicted octanol–water partition coefficient (Wildman–Crippen LogP) is 2.13. The van der Waals surface area contributed by atoms with E-state index in [2.05, 4.69) is 10.6 Å². The van der Waals surface area contributed by atoms with Crippen LogP contribution in [0.3, 0.4) is 0 Å². The maximum absolute atomic E-state index is 12.4. The van der Waals surface area contributed by atoms with Crippen molar-refractivity contribution in [2.24, 2.45) is 5.92 Å². The van der Waals surface area contributed by atoms with Crippen molar-refractivity contribution >= 4 is 5.91 Å². The third-order valence-electron chi connectivity index (χ3n) is 4.21. The molecule has 1 heterocycles. The molecule has 1 fully saturated rings. The molecule has 0 saturated carbocycles. The molecule has 5 heteroatoms. The number of nitrogens with one attached hydrogen (secondary N) is 2. The van der Waals surface area contributed by atoms with E-state index in [1.54, 1.807) is 20.3 Å². The molecular formula is C17H26N2O3. The predicted molar refractivity (Wildman–Crippen MR) is 86.8 cm³/mol. The van der Waals surface area contributed by atoms with Crippen LogP contribution in [0.2, 0.25) is 0 Å². The maximum Gasteiger partial charge on any atom is 0.251 e. The fourth-order valence-corrected chi connectivity index (χ4v) is 2.88. The van der Waals surface area contributed by atoms with Crippen molar-refractivity contribution in [2.75, 3.05) is 33.9 Å². The first kappa shape index (κ1) is 16.6. The Morgan fingerprint density at radius 1 is 1.32 bits per heavy atom. The van der Waals surface area contributed by atoms with E-state index in [0.717, 1.165) is 25.1 Å². The Balaban J connectivity index is 1.94. The van der Waals surface area contributed by atoms with Crippen LogP contribution in [-0.4, -0.2) is 39.8 Å². The summed E-state index contributed by atoms with van der Waals surface area (Å²) in [6, 6.07) is 3.57. The van der Waals surface area contributed by atoms with Gasteiger partial charge in [-0.2, -0.15) is 0 Å². The lowest BCUT2D eigenvalue weighted by atomic mass is 9.96. The maximum atomic E-state index is 12.4. The molecule has 1 aromatic rings. The van der Waals surface area contributed by atoms with Gasteiger partial charge in [0.2, 0.25) is 0 Å². The molecule has 0 bridgehead atoms. The van der Waals surface area contributed by atoms with Gasteiger partial charge in [-0.1, -0.05) is 0 Å². The van der Waals surface area contributed by atoms with Crippen LogP contribution >= 0.6 is 0 Å². The van der Waals surface area contributed by atoms with Gasteiger partial charge < -0.3 is 20.1 Å². The Morgan fingerprint density at radius 3 is 2.68 bits per heavy atom. The molecule has 1 unspecified atom stereocenters. The van der Waals surface area contributed by atoms with Crippen molar-refractivity contribution in [2.45, 2.75) is 26.2 Å². The van der Waals surface area contributed by atoms with Gasteiger partial charge in [-0.25, -0.2) is 0 Å². The number of rotatable bonds is 6. The summed E-state index contributed by atoms with van der Waals surface area (Å²) in [6.45, 7) is 4.79. The first-order valence-electron chi connectivity index (χ1n) is 7.87. The zero-order valence-corrected chi connectivity index (χ0v) is 13.7. The van der Waals surface area contributed by atoms with Crippen molar-refractivity contribution in [1.29, 1.82) is 0 Å². The van der Waals surface area contributed by atoms with Gasteiger partial charge in [-0.05, 0) is 62.9 Å². The van der Waals surface area contributed by atoms with Gasteiger partial charge in [0, 0.05) is 12.1 Å². The summed E-state index contributed by atoms with van der Waals surface area (Å²) in [5, 5.41) is 6.41. The van der Waals surface area contributed by atoms with E-state index in [1.165, 1.54) is 12.8 Å². The lowest BCUT2D eigenvalue weighted by molar-refractivity contribution is 0.0949. The average molecular weight is 306 g/mol. The zero-order chi connectivity index (χ0) is 15.9. The van der Waals surface area contributed by atoms with E-state index in [0.29, 0.717) is 29.5 Å². The minimum atomic E-state index is -0.0535. The number of amides is 1. The van der Waals surface area contributed by atoms with E-state index in [4.69, 9.17) is 9.47 Å². The Kier molecular flexibility index (Phi) is 6.07. The highest BCUT2D eigenvalue weighted by molar-refractivity contribution is 5.96. The minimum Gasteiger partial charge on any atom is -0.493 e. The molecule has 0 spiro atoms. The summed E-state index contributed by atoms with van der Waals surface area (Å²) < 4.78 is 10.5. The summed E-state index contributed by atoms with van der Waals surface area (Å²) in [7, 11) is 3.17. The van der Waals surface area contributed by atoms with Gasteiger partial charge in [-0.15, -0.1) is 0 Å². The van der Waals surface area contributed by atoms with Crippen LogP contribution in [0.4, 0.5) is 0 Å². The van der Waals surface area contributed by atoms with E-state index in [-0.39, 0.29) is 5.91 Å². The van der Waals surface area contributed by atoms with Crippen LogP contribution in [0.25, 0.3) is 0 Å². The average Bonchev–Trinajstić information content (AvgIpc) is 2.55. The van der Waals surface area contributed by atoms with Gasteiger partial charge >= 0.3 is 0 Å². The van der Waals surface area contributed by atoms with Crippen molar-refractivity contribution in [3.05, 3.63) is 23.3 Å². The van der Waals surface area contributed by atoms with E-state index < -0.39 is 0 Å².